The topological polar surface area (TPSA) is 92.9 Å². The average Bonchev–Trinajstić information content (AvgIpc) is 2.85. The van der Waals surface area contributed by atoms with E-state index in [1.807, 2.05) is 0 Å². The van der Waals surface area contributed by atoms with Gasteiger partial charge in [0.1, 0.15) is 5.60 Å². The first-order valence-corrected chi connectivity index (χ1v) is 7.72. The number of aliphatic carboxylic acids is 1. The summed E-state index contributed by atoms with van der Waals surface area (Å²) in [6.45, 7) is 5.69. The van der Waals surface area contributed by atoms with Crippen LogP contribution in [0.3, 0.4) is 0 Å². The van der Waals surface area contributed by atoms with Crippen LogP contribution in [0.2, 0.25) is 5.02 Å². The summed E-state index contributed by atoms with van der Waals surface area (Å²) in [5.74, 6) is -2.00. The van der Waals surface area contributed by atoms with Gasteiger partial charge in [-0.25, -0.2) is 4.79 Å². The van der Waals surface area contributed by atoms with Crippen molar-refractivity contribution in [2.45, 2.75) is 32.3 Å². The van der Waals surface area contributed by atoms with Gasteiger partial charge in [0, 0.05) is 19.0 Å². The van der Waals surface area contributed by atoms with Gasteiger partial charge in [-0.1, -0.05) is 17.7 Å². The lowest BCUT2D eigenvalue weighted by Crippen LogP contribution is -2.35. The van der Waals surface area contributed by atoms with Crippen LogP contribution in [0.4, 0.5) is 10.5 Å². The van der Waals surface area contributed by atoms with E-state index < -0.39 is 23.6 Å². The molecule has 0 aliphatic carbocycles. The van der Waals surface area contributed by atoms with Crippen molar-refractivity contribution in [3.63, 3.8) is 0 Å². The number of carbonyl (C=O) groups excluding carboxylic acids is 1. The Morgan fingerprint density at radius 2 is 2.00 bits per heavy atom. The average molecular weight is 341 g/mol. The van der Waals surface area contributed by atoms with Gasteiger partial charge in [-0.2, -0.15) is 0 Å². The van der Waals surface area contributed by atoms with Gasteiger partial charge < -0.3 is 20.5 Å². The summed E-state index contributed by atoms with van der Waals surface area (Å²) >= 11 is 5.91. The Morgan fingerprint density at radius 1 is 1.35 bits per heavy atom. The highest BCUT2D eigenvalue weighted by molar-refractivity contribution is 6.33. The lowest BCUT2D eigenvalue weighted by Gasteiger charge is -2.24. The number of anilines is 1. The molecule has 3 N–H and O–H groups in total. The molecule has 2 atom stereocenters. The monoisotopic (exact) mass is 340 g/mol. The van der Waals surface area contributed by atoms with E-state index in [9.17, 15) is 14.7 Å². The van der Waals surface area contributed by atoms with Gasteiger partial charge in [0.15, 0.2) is 0 Å². The molecule has 1 aromatic rings. The summed E-state index contributed by atoms with van der Waals surface area (Å²) in [6, 6.07) is 5.06. The minimum atomic E-state index is -0.949. The lowest BCUT2D eigenvalue weighted by molar-refractivity contribution is -0.141. The van der Waals surface area contributed by atoms with Crippen LogP contribution >= 0.6 is 11.6 Å². The molecule has 0 radical (unpaired) electrons. The molecule has 0 spiro atoms. The third-order valence-electron chi connectivity index (χ3n) is 3.74. The van der Waals surface area contributed by atoms with Crippen molar-refractivity contribution in [3.05, 3.63) is 28.8 Å². The number of hydrogen-bond donors (Lipinski definition) is 2. The molecule has 1 saturated heterocycles. The van der Waals surface area contributed by atoms with Crippen LogP contribution in [0, 0.1) is 5.92 Å². The minimum absolute atomic E-state index is 0.109. The maximum Gasteiger partial charge on any atom is 0.410 e. The van der Waals surface area contributed by atoms with Crippen LogP contribution in [-0.2, 0) is 9.53 Å². The predicted molar refractivity (Wildman–Crippen MR) is 87.5 cm³/mol. The van der Waals surface area contributed by atoms with Gasteiger partial charge in [0.25, 0.3) is 0 Å². The molecule has 1 heterocycles. The number of hydrogen-bond acceptors (Lipinski definition) is 4. The number of carboxylic acids is 1. The second-order valence-corrected chi connectivity index (χ2v) is 7.12. The molecule has 7 heteroatoms. The van der Waals surface area contributed by atoms with Crippen molar-refractivity contribution in [1.82, 2.24) is 4.90 Å². The van der Waals surface area contributed by atoms with E-state index in [4.69, 9.17) is 22.1 Å². The molecule has 1 amide bonds. The molecule has 126 valence electrons. The number of rotatable bonds is 2. The van der Waals surface area contributed by atoms with Crippen molar-refractivity contribution in [2.75, 3.05) is 18.8 Å². The van der Waals surface area contributed by atoms with Crippen molar-refractivity contribution >= 4 is 29.4 Å². The Hall–Kier alpha value is -1.95. The number of carboxylic acid groups (broad SMARTS) is 1. The molecule has 0 aromatic heterocycles. The normalized spacial score (nSPS) is 21.3. The molecule has 1 fully saturated rings. The number of nitrogens with zero attached hydrogens (tertiary/aromatic N) is 1. The first-order chi connectivity index (χ1) is 10.6. The molecular weight excluding hydrogens is 320 g/mol. The zero-order valence-corrected chi connectivity index (χ0v) is 14.1. The van der Waals surface area contributed by atoms with Crippen LogP contribution in [0.25, 0.3) is 0 Å². The number of likely N-dealkylation sites (tertiary alicyclic amines) is 1. The van der Waals surface area contributed by atoms with E-state index in [0.29, 0.717) is 10.7 Å². The molecule has 6 nitrogen and oxygen atoms in total. The Labute approximate surface area is 140 Å². The van der Waals surface area contributed by atoms with Gasteiger partial charge >= 0.3 is 12.1 Å². The van der Waals surface area contributed by atoms with Crippen LogP contribution in [0.1, 0.15) is 32.3 Å². The number of amides is 1. The highest BCUT2D eigenvalue weighted by Gasteiger charge is 2.41. The Kier molecular flexibility index (Phi) is 4.75. The molecule has 0 saturated carbocycles. The molecule has 0 bridgehead atoms. The summed E-state index contributed by atoms with van der Waals surface area (Å²) in [5.41, 5.74) is 6.32. The van der Waals surface area contributed by atoms with Crippen molar-refractivity contribution in [3.8, 4) is 0 Å². The first kappa shape index (κ1) is 17.4. The third-order valence-corrected chi connectivity index (χ3v) is 4.08. The zero-order chi connectivity index (χ0) is 17.4. The van der Waals surface area contributed by atoms with E-state index in [-0.39, 0.29) is 19.0 Å². The third kappa shape index (κ3) is 4.07. The molecule has 1 aliphatic heterocycles. The van der Waals surface area contributed by atoms with E-state index in [1.165, 1.54) is 4.90 Å². The summed E-state index contributed by atoms with van der Waals surface area (Å²) in [7, 11) is 0. The van der Waals surface area contributed by atoms with Crippen LogP contribution in [0.5, 0.6) is 0 Å². The number of halogens is 1. The molecule has 1 aliphatic rings. The molecular formula is C16H21ClN2O4. The number of nitrogen functional groups attached to an aromatic ring is 1. The highest BCUT2D eigenvalue weighted by atomic mass is 35.5. The summed E-state index contributed by atoms with van der Waals surface area (Å²) in [6.07, 6.45) is -0.506. The number of benzene rings is 1. The minimum Gasteiger partial charge on any atom is -0.481 e. The summed E-state index contributed by atoms with van der Waals surface area (Å²) < 4.78 is 5.33. The number of carbonyl (C=O) groups is 2. The van der Waals surface area contributed by atoms with Crippen molar-refractivity contribution in [1.29, 1.82) is 0 Å². The summed E-state index contributed by atoms with van der Waals surface area (Å²) in [4.78, 5) is 25.2. The second kappa shape index (κ2) is 6.28. The highest BCUT2D eigenvalue weighted by Crippen LogP contribution is 2.35. The van der Waals surface area contributed by atoms with Gasteiger partial charge in [-0.3, -0.25) is 4.79 Å². The second-order valence-electron chi connectivity index (χ2n) is 6.72. The molecule has 1 aromatic carbocycles. The molecule has 23 heavy (non-hydrogen) atoms. The quantitative estimate of drug-likeness (QED) is 0.807. The number of nitrogens with two attached hydrogens (primary N) is 1. The Balaban J connectivity index is 2.23. The van der Waals surface area contributed by atoms with E-state index in [0.717, 1.165) is 5.56 Å². The smallest absolute Gasteiger partial charge is 0.410 e. The maximum absolute atomic E-state index is 12.2. The molecule has 2 rings (SSSR count). The predicted octanol–water partition coefficient (Wildman–Crippen LogP) is 2.96. The van der Waals surface area contributed by atoms with Crippen molar-refractivity contribution < 1.29 is 19.4 Å². The standard InChI is InChI=1S/C16H21ClN2O4/c1-16(2,3)23-15(22)19-7-10(11(8-19)14(20)21)9-4-5-12(17)13(18)6-9/h4-6,10-11H,7-8,18H2,1-3H3,(H,20,21)/t10-,11+/m1/s1. The van der Waals surface area contributed by atoms with Gasteiger partial charge in [0.2, 0.25) is 0 Å². The number of ether oxygens (including phenoxy) is 1. The van der Waals surface area contributed by atoms with Crippen LogP contribution < -0.4 is 5.73 Å². The Morgan fingerprint density at radius 3 is 2.52 bits per heavy atom. The zero-order valence-electron chi connectivity index (χ0n) is 13.4. The summed E-state index contributed by atoms with van der Waals surface area (Å²) in [5, 5.41) is 9.88. The van der Waals surface area contributed by atoms with Gasteiger partial charge in [-0.05, 0) is 38.5 Å². The maximum atomic E-state index is 12.2. The van der Waals surface area contributed by atoms with E-state index in [2.05, 4.69) is 0 Å². The lowest BCUT2D eigenvalue weighted by atomic mass is 9.89. The van der Waals surface area contributed by atoms with Crippen LogP contribution in [-0.4, -0.2) is 40.8 Å². The SMILES string of the molecule is CC(C)(C)OC(=O)N1C[C@H](C(=O)O)[C@@H](c2ccc(Cl)c(N)c2)C1. The fourth-order valence-electron chi connectivity index (χ4n) is 2.66. The van der Waals surface area contributed by atoms with Gasteiger partial charge in [0.05, 0.1) is 16.6 Å². The van der Waals surface area contributed by atoms with E-state index >= 15 is 0 Å². The van der Waals surface area contributed by atoms with Gasteiger partial charge in [-0.15, -0.1) is 0 Å². The van der Waals surface area contributed by atoms with E-state index in [1.54, 1.807) is 39.0 Å². The fraction of sp³-hybridized carbons (Fsp3) is 0.500. The van der Waals surface area contributed by atoms with Crippen LogP contribution in [0.15, 0.2) is 18.2 Å². The van der Waals surface area contributed by atoms with Crippen molar-refractivity contribution in [2.24, 2.45) is 5.92 Å². The first-order valence-electron chi connectivity index (χ1n) is 7.34. The largest absolute Gasteiger partial charge is 0.481 e. The fourth-order valence-corrected chi connectivity index (χ4v) is 2.78. The molecule has 0 unspecified atom stereocenters. The Bertz CT molecular complexity index is 627.